The van der Waals surface area contributed by atoms with Crippen molar-refractivity contribution in [1.82, 2.24) is 4.98 Å². The number of aromatic nitrogens is 1. The van der Waals surface area contributed by atoms with E-state index in [1.807, 2.05) is 0 Å². The minimum Gasteiger partial charge on any atom is -0.369 e. The predicted molar refractivity (Wildman–Crippen MR) is 73.7 cm³/mol. The van der Waals surface area contributed by atoms with Gasteiger partial charge in [0.05, 0.1) is 9.40 Å². The summed E-state index contributed by atoms with van der Waals surface area (Å²) >= 11 is 3.37. The van der Waals surface area contributed by atoms with Gasteiger partial charge in [-0.1, -0.05) is 6.92 Å². The Morgan fingerprint density at radius 3 is 2.89 bits per heavy atom. The molecule has 1 aliphatic carbocycles. The van der Waals surface area contributed by atoms with Crippen molar-refractivity contribution in [2.75, 3.05) is 11.9 Å². The predicted octanol–water partition coefficient (Wildman–Crippen LogP) is 3.52. The summed E-state index contributed by atoms with van der Waals surface area (Å²) in [6, 6.07) is 0. The molecule has 2 rings (SSSR count). The van der Waals surface area contributed by atoms with Crippen LogP contribution in [0.5, 0.6) is 0 Å². The molecule has 18 heavy (non-hydrogen) atoms. The topological polar surface area (TPSA) is 68.1 Å². The third-order valence-electron chi connectivity index (χ3n) is 3.45. The maximum Gasteiger partial charge on any atom is 0.291 e. The van der Waals surface area contributed by atoms with Gasteiger partial charge in [-0.3, -0.25) is 10.1 Å². The molecule has 6 heteroatoms. The monoisotopic (exact) mass is 313 g/mol. The second-order valence-corrected chi connectivity index (χ2v) is 5.68. The van der Waals surface area contributed by atoms with Gasteiger partial charge in [0.15, 0.2) is 0 Å². The van der Waals surface area contributed by atoms with Crippen molar-refractivity contribution < 1.29 is 4.92 Å². The summed E-state index contributed by atoms with van der Waals surface area (Å²) in [5.74, 6) is 2.13. The van der Waals surface area contributed by atoms with Gasteiger partial charge in [-0.15, -0.1) is 0 Å². The number of anilines is 1. The van der Waals surface area contributed by atoms with E-state index in [1.165, 1.54) is 19.0 Å². The van der Waals surface area contributed by atoms with Crippen molar-refractivity contribution in [2.45, 2.75) is 26.7 Å². The van der Waals surface area contributed by atoms with E-state index in [0.29, 0.717) is 21.8 Å². The normalized spacial score (nSPS) is 16.4. The first-order valence-corrected chi connectivity index (χ1v) is 6.83. The molecule has 1 heterocycles. The van der Waals surface area contributed by atoms with Crippen LogP contribution < -0.4 is 5.32 Å². The fourth-order valence-electron chi connectivity index (χ4n) is 1.97. The maximum absolute atomic E-state index is 10.8. The molecule has 1 atom stereocenters. The van der Waals surface area contributed by atoms with E-state index in [9.17, 15) is 10.1 Å². The van der Waals surface area contributed by atoms with Crippen LogP contribution in [0.3, 0.4) is 0 Å². The quantitative estimate of drug-likeness (QED) is 0.667. The molecule has 1 aromatic heterocycles. The van der Waals surface area contributed by atoms with E-state index in [-0.39, 0.29) is 5.69 Å². The minimum atomic E-state index is -0.413. The first-order chi connectivity index (χ1) is 8.50. The number of halogens is 1. The molecule has 1 aromatic rings. The van der Waals surface area contributed by atoms with Crippen molar-refractivity contribution in [3.63, 3.8) is 0 Å². The minimum absolute atomic E-state index is 0.0441. The van der Waals surface area contributed by atoms with Crippen molar-refractivity contribution >= 4 is 27.4 Å². The Morgan fingerprint density at radius 2 is 2.33 bits per heavy atom. The highest BCUT2D eigenvalue weighted by Gasteiger charge is 2.27. The molecule has 5 nitrogen and oxygen atoms in total. The Labute approximate surface area is 114 Å². The van der Waals surface area contributed by atoms with E-state index in [0.717, 1.165) is 12.5 Å². The van der Waals surface area contributed by atoms with E-state index in [2.05, 4.69) is 33.2 Å². The summed E-state index contributed by atoms with van der Waals surface area (Å²) in [5.41, 5.74) is 0.652. The highest BCUT2D eigenvalue weighted by atomic mass is 79.9. The average molecular weight is 314 g/mol. The van der Waals surface area contributed by atoms with Gasteiger partial charge in [0.1, 0.15) is 12.0 Å². The van der Waals surface area contributed by atoms with Crippen molar-refractivity contribution in [2.24, 2.45) is 11.8 Å². The highest BCUT2D eigenvalue weighted by Crippen LogP contribution is 2.37. The second-order valence-electron chi connectivity index (χ2n) is 4.88. The summed E-state index contributed by atoms with van der Waals surface area (Å²) in [6.45, 7) is 4.80. The lowest BCUT2D eigenvalue weighted by atomic mass is 10.1. The Morgan fingerprint density at radius 1 is 1.67 bits per heavy atom. The summed E-state index contributed by atoms with van der Waals surface area (Å²) in [5, 5.41) is 14.0. The largest absolute Gasteiger partial charge is 0.369 e. The van der Waals surface area contributed by atoms with Crippen LogP contribution in [0.15, 0.2) is 10.7 Å². The van der Waals surface area contributed by atoms with Gasteiger partial charge in [-0.05, 0) is 47.5 Å². The number of nitrogens with one attached hydrogen (secondary N) is 1. The van der Waals surface area contributed by atoms with Crippen LogP contribution in [0.4, 0.5) is 11.5 Å². The lowest BCUT2D eigenvalue weighted by molar-refractivity contribution is -0.385. The van der Waals surface area contributed by atoms with Crippen LogP contribution >= 0.6 is 15.9 Å². The number of nitrogens with zero attached hydrogens (tertiary/aromatic N) is 2. The molecule has 0 saturated heterocycles. The third-order valence-corrected chi connectivity index (χ3v) is 4.42. The molecule has 0 spiro atoms. The molecule has 0 aromatic carbocycles. The summed E-state index contributed by atoms with van der Waals surface area (Å²) < 4.78 is 0.680. The zero-order chi connectivity index (χ0) is 13.3. The molecule has 1 saturated carbocycles. The molecule has 1 N–H and O–H groups in total. The van der Waals surface area contributed by atoms with Crippen LogP contribution in [-0.2, 0) is 0 Å². The van der Waals surface area contributed by atoms with Crippen molar-refractivity contribution in [1.29, 1.82) is 0 Å². The van der Waals surface area contributed by atoms with Crippen LogP contribution in [-0.4, -0.2) is 16.5 Å². The van der Waals surface area contributed by atoms with Crippen molar-refractivity contribution in [3.05, 3.63) is 26.3 Å². The van der Waals surface area contributed by atoms with E-state index in [1.54, 1.807) is 6.92 Å². The number of hydrogen-bond acceptors (Lipinski definition) is 4. The van der Waals surface area contributed by atoms with E-state index >= 15 is 0 Å². The van der Waals surface area contributed by atoms with Crippen LogP contribution in [0.1, 0.15) is 25.3 Å². The van der Waals surface area contributed by atoms with Gasteiger partial charge in [0, 0.05) is 12.1 Å². The van der Waals surface area contributed by atoms with Gasteiger partial charge in [-0.2, -0.15) is 0 Å². The molecular formula is C12H16BrN3O2. The van der Waals surface area contributed by atoms with Crippen LogP contribution in [0, 0.1) is 28.9 Å². The molecule has 98 valence electrons. The molecule has 0 amide bonds. The Kier molecular flexibility index (Phi) is 3.85. The zero-order valence-corrected chi connectivity index (χ0v) is 12.0. The van der Waals surface area contributed by atoms with Gasteiger partial charge < -0.3 is 5.32 Å². The van der Waals surface area contributed by atoms with E-state index in [4.69, 9.17) is 0 Å². The molecule has 1 unspecified atom stereocenters. The first-order valence-electron chi connectivity index (χ1n) is 6.04. The van der Waals surface area contributed by atoms with Gasteiger partial charge in [0.25, 0.3) is 5.69 Å². The average Bonchev–Trinajstić information content (AvgIpc) is 3.14. The van der Waals surface area contributed by atoms with Gasteiger partial charge in [-0.25, -0.2) is 4.98 Å². The van der Waals surface area contributed by atoms with Gasteiger partial charge in [0.2, 0.25) is 0 Å². The van der Waals surface area contributed by atoms with Gasteiger partial charge >= 0.3 is 0 Å². The SMILES string of the molecule is Cc1c([N+](=O)[O-])cnc(NCC(C)C2CC2)c1Br. The maximum atomic E-state index is 10.8. The smallest absolute Gasteiger partial charge is 0.291 e. The molecular weight excluding hydrogens is 298 g/mol. The first kappa shape index (κ1) is 13.3. The summed E-state index contributed by atoms with van der Waals surface area (Å²) in [7, 11) is 0. The molecule has 1 fully saturated rings. The Hall–Kier alpha value is -1.17. The Balaban J connectivity index is 2.08. The molecule has 0 aliphatic heterocycles. The van der Waals surface area contributed by atoms with Crippen LogP contribution in [0.2, 0.25) is 0 Å². The summed E-state index contributed by atoms with van der Waals surface area (Å²) in [4.78, 5) is 14.5. The van der Waals surface area contributed by atoms with E-state index < -0.39 is 4.92 Å². The fourth-order valence-corrected chi connectivity index (χ4v) is 2.41. The third kappa shape index (κ3) is 2.80. The number of nitro groups is 1. The number of rotatable bonds is 5. The fraction of sp³-hybridized carbons (Fsp3) is 0.583. The van der Waals surface area contributed by atoms with Crippen LogP contribution in [0.25, 0.3) is 0 Å². The van der Waals surface area contributed by atoms with Crippen molar-refractivity contribution in [3.8, 4) is 0 Å². The lowest BCUT2D eigenvalue weighted by Crippen LogP contribution is -2.14. The molecule has 1 aliphatic rings. The number of pyridine rings is 1. The second kappa shape index (κ2) is 5.22. The Bertz CT molecular complexity index is 475. The molecule has 0 bridgehead atoms. The highest BCUT2D eigenvalue weighted by molar-refractivity contribution is 9.10. The molecule has 0 radical (unpaired) electrons. The standard InChI is InChI=1S/C12H16BrN3O2/c1-7(9-3-4-9)5-14-12-11(13)8(2)10(6-15-12)16(17)18/h6-7,9H,3-5H2,1-2H3,(H,14,15). The lowest BCUT2D eigenvalue weighted by Gasteiger charge is -2.13. The number of hydrogen-bond donors (Lipinski definition) is 1. The zero-order valence-electron chi connectivity index (χ0n) is 10.4. The summed E-state index contributed by atoms with van der Waals surface area (Å²) in [6.07, 6.45) is 3.94.